The molecular weight excluding hydrogens is 412 g/mol. The molecule has 0 atom stereocenters. The fourth-order valence-electron chi connectivity index (χ4n) is 2.83. The number of rotatable bonds is 2. The number of nitrogens with zero attached hydrogens (tertiary/aromatic N) is 2. The minimum Gasteiger partial charge on any atom is -0.506 e. The number of aliphatic hydroxyl groups excluding tert-OH is 1. The third kappa shape index (κ3) is 4.53. The van der Waals surface area contributed by atoms with Crippen LogP contribution in [0.3, 0.4) is 0 Å². The molecule has 152 valence electrons. The zero-order valence-corrected chi connectivity index (χ0v) is 17.7. The molecule has 1 aromatic rings. The van der Waals surface area contributed by atoms with Gasteiger partial charge in [-0.2, -0.15) is 12.8 Å². The maximum atomic E-state index is 12.9. The highest BCUT2D eigenvalue weighted by Gasteiger charge is 2.24. The van der Waals surface area contributed by atoms with Crippen molar-refractivity contribution in [1.82, 2.24) is 5.06 Å². The number of benzene rings is 1. The summed E-state index contributed by atoms with van der Waals surface area (Å²) in [5.41, 5.74) is 1.08. The molecule has 2 N–H and O–H groups in total. The highest BCUT2D eigenvalue weighted by molar-refractivity contribution is 7.90. The third-order valence-corrected chi connectivity index (χ3v) is 5.94. The summed E-state index contributed by atoms with van der Waals surface area (Å²) in [6.07, 6.45) is 8.45. The monoisotopic (exact) mass is 432 g/mol. The molecule has 0 unspecified atom stereocenters. The first-order valence-electron chi connectivity index (χ1n) is 8.80. The van der Waals surface area contributed by atoms with Gasteiger partial charge in [0.25, 0.3) is 10.0 Å². The Morgan fingerprint density at radius 1 is 1.10 bits per heavy atom. The number of allylic oxidation sites excluding steroid dienone is 7. The zero-order valence-electron chi connectivity index (χ0n) is 16.2. The zero-order chi connectivity index (χ0) is 21.4. The van der Waals surface area contributed by atoms with Crippen LogP contribution in [0.4, 0.5) is 0 Å². The molecule has 0 fully saturated rings. The Labute approximate surface area is 175 Å². The maximum absolute atomic E-state index is 12.9. The van der Waals surface area contributed by atoms with Crippen LogP contribution < -0.4 is 0 Å². The summed E-state index contributed by atoms with van der Waals surface area (Å²) in [5.74, 6) is -0.249. The molecule has 1 aliphatic carbocycles. The van der Waals surface area contributed by atoms with Crippen molar-refractivity contribution in [3.05, 3.63) is 88.5 Å². The molecule has 3 rings (SSSR count). The van der Waals surface area contributed by atoms with Gasteiger partial charge in [0.15, 0.2) is 0 Å². The molecule has 0 spiro atoms. The van der Waals surface area contributed by atoms with Crippen LogP contribution in [-0.4, -0.2) is 29.5 Å². The van der Waals surface area contributed by atoms with Crippen LogP contribution >= 0.6 is 11.6 Å². The Morgan fingerprint density at radius 2 is 1.76 bits per heavy atom. The normalized spacial score (nSPS) is 21.4. The van der Waals surface area contributed by atoms with Crippen molar-refractivity contribution in [2.24, 2.45) is 4.40 Å². The molecular formula is C21H21ClN2O4S. The molecule has 2 aliphatic rings. The van der Waals surface area contributed by atoms with Gasteiger partial charge in [0.05, 0.1) is 10.6 Å². The van der Waals surface area contributed by atoms with Gasteiger partial charge in [0.1, 0.15) is 11.5 Å². The smallest absolute Gasteiger partial charge is 0.282 e. The summed E-state index contributed by atoms with van der Waals surface area (Å²) >= 11 is 6.06. The van der Waals surface area contributed by atoms with E-state index in [0.29, 0.717) is 10.1 Å². The number of halogens is 1. The molecule has 1 aliphatic heterocycles. The summed E-state index contributed by atoms with van der Waals surface area (Å²) < 4.78 is 29.7. The van der Waals surface area contributed by atoms with Gasteiger partial charge in [0, 0.05) is 16.8 Å². The first-order valence-corrected chi connectivity index (χ1v) is 10.6. The van der Waals surface area contributed by atoms with E-state index >= 15 is 0 Å². The Morgan fingerprint density at radius 3 is 2.34 bits per heavy atom. The standard InChI is InChI=1S/C21H21ClN2O4S/c1-21(2,3)14-6-9-16(10-7-14)29(27,28)23-18-11-8-15(22)13-17(18)20-19(25)5-4-12-24(20)26/h4-13,25-26H,1-3H3/b20-17+,23-18+. The van der Waals surface area contributed by atoms with Crippen molar-refractivity contribution >= 4 is 27.3 Å². The molecule has 0 saturated carbocycles. The Bertz CT molecular complexity index is 1120. The topological polar surface area (TPSA) is 90.2 Å². The Hall–Kier alpha value is -2.61. The first kappa shape index (κ1) is 21.1. The van der Waals surface area contributed by atoms with Crippen LogP contribution in [-0.2, 0) is 15.4 Å². The summed E-state index contributed by atoms with van der Waals surface area (Å²) in [7, 11) is -4.04. The molecule has 29 heavy (non-hydrogen) atoms. The van der Waals surface area contributed by atoms with Crippen LogP contribution in [0.1, 0.15) is 26.3 Å². The summed E-state index contributed by atoms with van der Waals surface area (Å²) in [6.45, 7) is 6.12. The lowest BCUT2D eigenvalue weighted by Crippen LogP contribution is -2.21. The molecule has 1 heterocycles. The number of hydroxylamine groups is 2. The van der Waals surface area contributed by atoms with E-state index in [9.17, 15) is 18.7 Å². The minimum atomic E-state index is -4.04. The first-order chi connectivity index (χ1) is 13.5. The van der Waals surface area contributed by atoms with Crippen molar-refractivity contribution in [3.63, 3.8) is 0 Å². The fraction of sp³-hybridized carbons (Fsp3) is 0.190. The van der Waals surface area contributed by atoms with Crippen LogP contribution in [0.25, 0.3) is 0 Å². The SMILES string of the molecule is CC(C)(C)c1ccc(S(=O)(=O)/N=C2\C=CC(Cl)=C\C2=C2\C(O)=CC=CN2O)cc1. The van der Waals surface area contributed by atoms with Gasteiger partial charge >= 0.3 is 0 Å². The van der Waals surface area contributed by atoms with Crippen molar-refractivity contribution in [1.29, 1.82) is 0 Å². The second-order valence-electron chi connectivity index (χ2n) is 7.59. The minimum absolute atomic E-state index is 0.0213. The van der Waals surface area contributed by atoms with Gasteiger partial charge in [-0.1, -0.05) is 44.5 Å². The predicted molar refractivity (Wildman–Crippen MR) is 113 cm³/mol. The van der Waals surface area contributed by atoms with E-state index < -0.39 is 10.0 Å². The molecule has 1 aromatic carbocycles. The predicted octanol–water partition coefficient (Wildman–Crippen LogP) is 4.72. The van der Waals surface area contributed by atoms with Crippen molar-refractivity contribution in [2.75, 3.05) is 0 Å². The van der Waals surface area contributed by atoms with Gasteiger partial charge in [-0.15, -0.1) is 0 Å². The lowest BCUT2D eigenvalue weighted by Gasteiger charge is -2.22. The van der Waals surface area contributed by atoms with E-state index in [2.05, 4.69) is 4.40 Å². The molecule has 0 amide bonds. The van der Waals surface area contributed by atoms with Gasteiger partial charge in [-0.25, -0.2) is 5.06 Å². The third-order valence-electron chi connectivity index (χ3n) is 4.40. The summed E-state index contributed by atoms with van der Waals surface area (Å²) in [4.78, 5) is 0.0422. The van der Waals surface area contributed by atoms with E-state index in [1.807, 2.05) is 20.8 Å². The number of aliphatic hydroxyl groups is 1. The summed E-state index contributed by atoms with van der Waals surface area (Å²) in [6, 6.07) is 6.55. The van der Waals surface area contributed by atoms with Gasteiger partial charge in [-0.3, -0.25) is 5.21 Å². The quantitative estimate of drug-likeness (QED) is 0.705. The maximum Gasteiger partial charge on any atom is 0.282 e. The molecule has 0 saturated heterocycles. The van der Waals surface area contributed by atoms with Gasteiger partial charge in [-0.05, 0) is 53.5 Å². The Balaban J connectivity index is 2.09. The van der Waals surface area contributed by atoms with Gasteiger partial charge in [0.2, 0.25) is 0 Å². The van der Waals surface area contributed by atoms with Crippen LogP contribution in [0, 0.1) is 0 Å². The average Bonchev–Trinajstić information content (AvgIpc) is 2.63. The summed E-state index contributed by atoms with van der Waals surface area (Å²) in [5, 5.41) is 21.3. The lowest BCUT2D eigenvalue weighted by molar-refractivity contribution is -0.00813. The highest BCUT2D eigenvalue weighted by atomic mass is 35.5. The second-order valence-corrected chi connectivity index (χ2v) is 9.63. The van der Waals surface area contributed by atoms with E-state index in [-0.39, 0.29) is 33.1 Å². The van der Waals surface area contributed by atoms with Crippen LogP contribution in [0.5, 0.6) is 0 Å². The molecule has 0 bridgehead atoms. The Kier molecular flexibility index (Phi) is 5.58. The number of hydrogen-bond acceptors (Lipinski definition) is 5. The van der Waals surface area contributed by atoms with E-state index in [4.69, 9.17) is 11.6 Å². The van der Waals surface area contributed by atoms with Crippen molar-refractivity contribution in [2.45, 2.75) is 31.1 Å². The molecule has 8 heteroatoms. The van der Waals surface area contributed by atoms with E-state index in [1.54, 1.807) is 12.1 Å². The number of hydrogen-bond donors (Lipinski definition) is 2. The average molecular weight is 433 g/mol. The largest absolute Gasteiger partial charge is 0.506 e. The van der Waals surface area contributed by atoms with Gasteiger partial charge < -0.3 is 5.11 Å². The van der Waals surface area contributed by atoms with Crippen LogP contribution in [0.2, 0.25) is 0 Å². The van der Waals surface area contributed by atoms with E-state index in [1.165, 1.54) is 48.7 Å². The second kappa shape index (κ2) is 7.67. The van der Waals surface area contributed by atoms with Crippen molar-refractivity contribution in [3.8, 4) is 0 Å². The molecule has 6 nitrogen and oxygen atoms in total. The van der Waals surface area contributed by atoms with Crippen LogP contribution in [0.15, 0.2) is 92.2 Å². The number of sulfonamides is 1. The lowest BCUT2D eigenvalue weighted by atomic mass is 9.87. The highest BCUT2D eigenvalue weighted by Crippen LogP contribution is 2.29. The van der Waals surface area contributed by atoms with E-state index in [0.717, 1.165) is 5.56 Å². The van der Waals surface area contributed by atoms with Crippen molar-refractivity contribution < 1.29 is 18.7 Å². The fourth-order valence-corrected chi connectivity index (χ4v) is 4.01. The molecule has 0 radical (unpaired) electrons. The molecule has 0 aromatic heterocycles.